The lowest BCUT2D eigenvalue weighted by Crippen LogP contribution is -2.17. The molecule has 0 saturated carbocycles. The predicted molar refractivity (Wildman–Crippen MR) is 131 cm³/mol. The molecule has 0 saturated heterocycles. The average molecular weight is 407 g/mol. The molecule has 31 heavy (non-hydrogen) atoms. The maximum Gasteiger partial charge on any atom is 0.127 e. The summed E-state index contributed by atoms with van der Waals surface area (Å²) in [6.07, 6.45) is 3.33. The van der Waals surface area contributed by atoms with Crippen LogP contribution in [0.3, 0.4) is 0 Å². The first-order valence-electron chi connectivity index (χ1n) is 11.1. The van der Waals surface area contributed by atoms with Gasteiger partial charge in [-0.25, -0.2) is 0 Å². The Balaban J connectivity index is 1.35. The highest BCUT2D eigenvalue weighted by Gasteiger charge is 2.20. The van der Waals surface area contributed by atoms with Crippen molar-refractivity contribution in [3.8, 4) is 22.6 Å². The van der Waals surface area contributed by atoms with Crippen LogP contribution >= 0.6 is 0 Å². The van der Waals surface area contributed by atoms with Gasteiger partial charge in [0, 0.05) is 0 Å². The van der Waals surface area contributed by atoms with Gasteiger partial charge in [-0.15, -0.1) is 0 Å². The molecular formula is C30H30O. The molecule has 0 fully saturated rings. The molecule has 0 aromatic heterocycles. The molecule has 4 aromatic rings. The monoisotopic (exact) mass is 406 g/mol. The minimum absolute atomic E-state index is 0.146. The molecule has 0 bridgehead atoms. The van der Waals surface area contributed by atoms with Gasteiger partial charge in [0.2, 0.25) is 0 Å². The van der Waals surface area contributed by atoms with E-state index in [4.69, 9.17) is 4.74 Å². The van der Waals surface area contributed by atoms with Gasteiger partial charge in [-0.2, -0.15) is 0 Å². The van der Waals surface area contributed by atoms with Crippen molar-refractivity contribution in [1.29, 1.82) is 0 Å². The summed E-state index contributed by atoms with van der Waals surface area (Å²) < 4.78 is 5.98. The summed E-state index contributed by atoms with van der Waals surface area (Å²) in [6, 6.07) is 38.1. The van der Waals surface area contributed by atoms with Crippen LogP contribution in [-0.2, 0) is 11.8 Å². The summed E-state index contributed by atoms with van der Waals surface area (Å²) in [5.41, 5.74) is 5.41. The number of aryl methyl sites for hydroxylation is 1. The molecule has 0 spiro atoms. The fraction of sp³-hybridized carbons (Fsp3) is 0.200. The molecule has 0 aliphatic rings. The summed E-state index contributed by atoms with van der Waals surface area (Å²) in [4.78, 5) is 0. The fourth-order valence-electron chi connectivity index (χ4n) is 4.01. The van der Waals surface area contributed by atoms with E-state index in [1.54, 1.807) is 0 Å². The van der Waals surface area contributed by atoms with Crippen LogP contribution in [0.15, 0.2) is 109 Å². The smallest absolute Gasteiger partial charge is 0.127 e. The van der Waals surface area contributed by atoms with Crippen molar-refractivity contribution in [2.45, 2.75) is 38.5 Å². The van der Waals surface area contributed by atoms with Gasteiger partial charge in [0.1, 0.15) is 11.5 Å². The van der Waals surface area contributed by atoms with Crippen molar-refractivity contribution in [3.63, 3.8) is 0 Å². The van der Waals surface area contributed by atoms with Gasteiger partial charge < -0.3 is 4.74 Å². The van der Waals surface area contributed by atoms with Gasteiger partial charge in [0.05, 0.1) is 0 Å². The first-order valence-corrected chi connectivity index (χ1v) is 11.1. The summed E-state index contributed by atoms with van der Waals surface area (Å²) >= 11 is 0. The fourth-order valence-corrected chi connectivity index (χ4v) is 4.01. The van der Waals surface area contributed by atoms with E-state index in [1.165, 1.54) is 22.3 Å². The molecule has 0 heterocycles. The third-order valence-electron chi connectivity index (χ3n) is 5.92. The molecule has 0 radical (unpaired) electrons. The Morgan fingerprint density at radius 1 is 0.613 bits per heavy atom. The second-order valence-corrected chi connectivity index (χ2v) is 8.74. The summed E-state index contributed by atoms with van der Waals surface area (Å²) in [5, 5.41) is 0. The normalized spacial score (nSPS) is 11.3. The minimum atomic E-state index is 0.146. The largest absolute Gasteiger partial charge is 0.457 e. The van der Waals surface area contributed by atoms with E-state index in [-0.39, 0.29) is 5.41 Å². The first-order chi connectivity index (χ1) is 15.1. The first kappa shape index (κ1) is 20.9. The van der Waals surface area contributed by atoms with Crippen molar-refractivity contribution in [2.24, 2.45) is 0 Å². The SMILES string of the molecule is CC(C)(CCCc1cccc(Oc2ccccc2)c1)c1ccc(-c2ccccc2)cc1. The highest BCUT2D eigenvalue weighted by molar-refractivity contribution is 5.63. The second-order valence-electron chi connectivity index (χ2n) is 8.74. The number of hydrogen-bond donors (Lipinski definition) is 0. The summed E-state index contributed by atoms with van der Waals surface area (Å²) in [6.45, 7) is 4.69. The zero-order valence-corrected chi connectivity index (χ0v) is 18.4. The molecule has 0 amide bonds. The van der Waals surface area contributed by atoms with E-state index in [0.717, 1.165) is 30.8 Å². The van der Waals surface area contributed by atoms with E-state index in [0.29, 0.717) is 0 Å². The Morgan fingerprint density at radius 2 is 1.23 bits per heavy atom. The Hall–Kier alpha value is -3.32. The van der Waals surface area contributed by atoms with E-state index in [2.05, 4.69) is 86.6 Å². The zero-order valence-electron chi connectivity index (χ0n) is 18.4. The van der Waals surface area contributed by atoms with E-state index < -0.39 is 0 Å². The van der Waals surface area contributed by atoms with Crippen LogP contribution in [0.4, 0.5) is 0 Å². The maximum atomic E-state index is 5.98. The highest BCUT2D eigenvalue weighted by Crippen LogP contribution is 2.31. The third kappa shape index (κ3) is 5.64. The van der Waals surface area contributed by atoms with Gasteiger partial charge in [0.25, 0.3) is 0 Å². The predicted octanol–water partition coefficient (Wildman–Crippen LogP) is 8.45. The van der Waals surface area contributed by atoms with Crippen LogP contribution in [0.5, 0.6) is 11.5 Å². The number of hydrogen-bond acceptors (Lipinski definition) is 1. The maximum absolute atomic E-state index is 5.98. The number of rotatable bonds is 8. The average Bonchev–Trinajstić information content (AvgIpc) is 2.81. The van der Waals surface area contributed by atoms with Crippen LogP contribution in [0.25, 0.3) is 11.1 Å². The van der Waals surface area contributed by atoms with Gasteiger partial charge in [-0.05, 0) is 71.2 Å². The Kier molecular flexibility index (Phi) is 6.52. The van der Waals surface area contributed by atoms with Crippen LogP contribution in [0.1, 0.15) is 37.8 Å². The van der Waals surface area contributed by atoms with E-state index in [9.17, 15) is 0 Å². The highest BCUT2D eigenvalue weighted by atomic mass is 16.5. The van der Waals surface area contributed by atoms with Crippen molar-refractivity contribution in [2.75, 3.05) is 0 Å². The molecule has 4 rings (SSSR count). The van der Waals surface area contributed by atoms with E-state index >= 15 is 0 Å². The van der Waals surface area contributed by atoms with Crippen molar-refractivity contribution >= 4 is 0 Å². The van der Waals surface area contributed by atoms with Gasteiger partial charge in [-0.1, -0.05) is 98.8 Å². The van der Waals surface area contributed by atoms with Gasteiger partial charge in [0.15, 0.2) is 0 Å². The van der Waals surface area contributed by atoms with E-state index in [1.807, 2.05) is 36.4 Å². The number of ether oxygens (including phenoxy) is 1. The summed E-state index contributed by atoms with van der Waals surface area (Å²) in [5.74, 6) is 1.78. The summed E-state index contributed by atoms with van der Waals surface area (Å²) in [7, 11) is 0. The quantitative estimate of drug-likeness (QED) is 0.285. The number of benzene rings is 4. The number of para-hydroxylation sites is 1. The molecule has 1 nitrogen and oxygen atoms in total. The third-order valence-corrected chi connectivity index (χ3v) is 5.92. The molecule has 156 valence electrons. The standard InChI is InChI=1S/C30H30O/c1-30(2,27-20-18-26(19-21-27)25-13-5-3-6-14-25)22-10-12-24-11-9-17-29(23-24)31-28-15-7-4-8-16-28/h3-9,11,13-21,23H,10,12,22H2,1-2H3. The molecule has 0 aliphatic heterocycles. The lowest BCUT2D eigenvalue weighted by molar-refractivity contribution is 0.460. The molecular weight excluding hydrogens is 376 g/mol. The van der Waals surface area contributed by atoms with Crippen LogP contribution < -0.4 is 4.74 Å². The molecule has 1 heteroatoms. The molecule has 0 atom stereocenters. The topological polar surface area (TPSA) is 9.23 Å². The molecule has 4 aromatic carbocycles. The van der Waals surface area contributed by atoms with Crippen LogP contribution in [0.2, 0.25) is 0 Å². The molecule has 0 unspecified atom stereocenters. The minimum Gasteiger partial charge on any atom is -0.457 e. The van der Waals surface area contributed by atoms with Gasteiger partial charge in [-0.3, -0.25) is 0 Å². The lowest BCUT2D eigenvalue weighted by Gasteiger charge is -2.25. The molecule has 0 N–H and O–H groups in total. The van der Waals surface area contributed by atoms with Crippen molar-refractivity contribution in [3.05, 3.63) is 120 Å². The molecule has 0 aliphatic carbocycles. The van der Waals surface area contributed by atoms with Crippen molar-refractivity contribution < 1.29 is 4.74 Å². The Labute approximate surface area is 186 Å². The Morgan fingerprint density at radius 3 is 1.94 bits per heavy atom. The van der Waals surface area contributed by atoms with Crippen LogP contribution in [-0.4, -0.2) is 0 Å². The zero-order chi connectivity index (χ0) is 21.5. The Bertz CT molecular complexity index is 1080. The van der Waals surface area contributed by atoms with Gasteiger partial charge >= 0.3 is 0 Å². The van der Waals surface area contributed by atoms with Crippen LogP contribution in [0, 0.1) is 0 Å². The second kappa shape index (κ2) is 9.66. The lowest BCUT2D eigenvalue weighted by atomic mass is 9.79. The van der Waals surface area contributed by atoms with Crippen molar-refractivity contribution in [1.82, 2.24) is 0 Å².